The summed E-state index contributed by atoms with van der Waals surface area (Å²) in [5, 5.41) is 35.3. The van der Waals surface area contributed by atoms with Crippen molar-refractivity contribution in [2.45, 2.75) is 9.79 Å². The van der Waals surface area contributed by atoms with Crippen LogP contribution < -0.4 is 0 Å². The molecule has 0 aliphatic heterocycles. The van der Waals surface area contributed by atoms with Gasteiger partial charge in [0, 0.05) is 12.1 Å². The minimum Gasteiger partial charge on any atom is -0.744 e. The van der Waals surface area contributed by atoms with E-state index in [4.69, 9.17) is 20.4 Å². The van der Waals surface area contributed by atoms with Crippen LogP contribution in [0.2, 0.25) is 0 Å². The van der Waals surface area contributed by atoms with Crippen LogP contribution in [0.1, 0.15) is 0 Å². The molecule has 13 heteroatoms. The van der Waals surface area contributed by atoms with Gasteiger partial charge in [0.1, 0.15) is 43.2 Å². The van der Waals surface area contributed by atoms with E-state index in [1.807, 2.05) is 0 Å². The fourth-order valence-electron chi connectivity index (χ4n) is 1.41. The zero-order chi connectivity index (χ0) is 18.7. The van der Waals surface area contributed by atoms with Crippen molar-refractivity contribution in [3.05, 3.63) is 36.4 Å². The number of aromatic hydroxyl groups is 4. The van der Waals surface area contributed by atoms with Gasteiger partial charge in [0.2, 0.25) is 0 Å². The molecule has 2 rings (SSSR count). The van der Waals surface area contributed by atoms with E-state index in [0.717, 1.165) is 24.3 Å². The molecule has 0 aromatic heterocycles. The topological polar surface area (TPSA) is 195 Å². The molecule has 0 aliphatic carbocycles. The number of rotatable bonds is 2. The SMILES string of the molecule is O=S(=O)([O-])c1cc(O)ccc1O.O=S(=O)([O-])c1cc(O)ccc1O.[Sr+2]. The molecular formula is C12H10O10S2Sr. The van der Waals surface area contributed by atoms with E-state index in [1.165, 1.54) is 0 Å². The van der Waals surface area contributed by atoms with E-state index >= 15 is 0 Å². The van der Waals surface area contributed by atoms with Gasteiger partial charge >= 0.3 is 45.5 Å². The van der Waals surface area contributed by atoms with Crippen molar-refractivity contribution in [3.8, 4) is 23.0 Å². The Kier molecular flexibility index (Phi) is 8.66. The van der Waals surface area contributed by atoms with Crippen molar-refractivity contribution in [3.63, 3.8) is 0 Å². The minimum atomic E-state index is -4.72. The molecule has 0 amide bonds. The number of benzene rings is 2. The maximum absolute atomic E-state index is 10.4. The summed E-state index contributed by atoms with van der Waals surface area (Å²) in [6.07, 6.45) is 0. The van der Waals surface area contributed by atoms with Crippen LogP contribution >= 0.6 is 0 Å². The predicted octanol–water partition coefficient (Wildman–Crippen LogP) is -0.377. The first-order valence-electron chi connectivity index (χ1n) is 5.78. The first-order valence-corrected chi connectivity index (χ1v) is 8.60. The molecule has 0 spiro atoms. The molecule has 2 aromatic carbocycles. The number of phenolic OH excluding ortho intramolecular Hbond substituents is 4. The summed E-state index contributed by atoms with van der Waals surface area (Å²) < 4.78 is 62.3. The van der Waals surface area contributed by atoms with Crippen LogP contribution in [0.5, 0.6) is 23.0 Å². The molecule has 0 saturated carbocycles. The van der Waals surface area contributed by atoms with Gasteiger partial charge in [0.05, 0.1) is 9.79 Å². The Morgan fingerprint density at radius 1 is 0.640 bits per heavy atom. The largest absolute Gasteiger partial charge is 2.00 e. The molecule has 2 aromatic rings. The maximum Gasteiger partial charge on any atom is 2.00 e. The first-order chi connectivity index (χ1) is 10.8. The average Bonchev–Trinajstić information content (AvgIpc) is 2.42. The Balaban J connectivity index is 0.000000443. The summed E-state index contributed by atoms with van der Waals surface area (Å²) in [6, 6.07) is 5.39. The van der Waals surface area contributed by atoms with Gasteiger partial charge in [-0.1, -0.05) is 0 Å². The molecular weight excluding hydrogens is 456 g/mol. The van der Waals surface area contributed by atoms with Crippen molar-refractivity contribution in [1.29, 1.82) is 0 Å². The third-order valence-electron chi connectivity index (χ3n) is 2.43. The van der Waals surface area contributed by atoms with Gasteiger partial charge in [0.25, 0.3) is 0 Å². The van der Waals surface area contributed by atoms with E-state index in [0.29, 0.717) is 12.1 Å². The minimum absolute atomic E-state index is 0. The predicted molar refractivity (Wildman–Crippen MR) is 81.2 cm³/mol. The molecule has 0 radical (unpaired) electrons. The van der Waals surface area contributed by atoms with Gasteiger partial charge < -0.3 is 29.5 Å². The van der Waals surface area contributed by atoms with Gasteiger partial charge in [-0.15, -0.1) is 0 Å². The Labute approximate surface area is 179 Å². The summed E-state index contributed by atoms with van der Waals surface area (Å²) in [7, 11) is -9.43. The molecule has 0 saturated heterocycles. The number of hydrogen-bond acceptors (Lipinski definition) is 10. The molecule has 0 aliphatic rings. The molecule has 25 heavy (non-hydrogen) atoms. The maximum atomic E-state index is 10.4. The zero-order valence-electron chi connectivity index (χ0n) is 12.2. The van der Waals surface area contributed by atoms with Crippen LogP contribution in [0.4, 0.5) is 0 Å². The molecule has 0 bridgehead atoms. The monoisotopic (exact) mass is 466 g/mol. The zero-order valence-corrected chi connectivity index (χ0v) is 17.3. The second-order valence-corrected chi connectivity index (χ2v) is 6.91. The summed E-state index contributed by atoms with van der Waals surface area (Å²) in [4.78, 5) is -1.63. The van der Waals surface area contributed by atoms with Crippen molar-refractivity contribution in [2.75, 3.05) is 0 Å². The van der Waals surface area contributed by atoms with Gasteiger partial charge in [-0.05, 0) is 24.3 Å². The normalized spacial score (nSPS) is 11.0. The quantitative estimate of drug-likeness (QED) is 0.258. The first kappa shape index (κ1) is 23.9. The van der Waals surface area contributed by atoms with Crippen LogP contribution in [0.3, 0.4) is 0 Å². The Bertz CT molecular complexity index is 874. The third kappa shape index (κ3) is 7.37. The van der Waals surface area contributed by atoms with Gasteiger partial charge in [-0.2, -0.15) is 0 Å². The van der Waals surface area contributed by atoms with Crippen LogP contribution in [0, 0.1) is 0 Å². The molecule has 0 atom stereocenters. The second-order valence-electron chi connectivity index (χ2n) is 4.21. The molecule has 10 nitrogen and oxygen atoms in total. The van der Waals surface area contributed by atoms with Crippen LogP contribution in [-0.2, 0) is 20.2 Å². The number of hydrogen-bond donors (Lipinski definition) is 4. The molecule has 0 unspecified atom stereocenters. The van der Waals surface area contributed by atoms with E-state index in [1.54, 1.807) is 0 Å². The summed E-state index contributed by atoms with van der Waals surface area (Å²) >= 11 is 0. The Morgan fingerprint density at radius 3 is 1.12 bits per heavy atom. The van der Waals surface area contributed by atoms with Gasteiger partial charge in [0.15, 0.2) is 0 Å². The Hall–Kier alpha value is -1.06. The smallest absolute Gasteiger partial charge is 0.744 e. The number of phenols is 4. The van der Waals surface area contributed by atoms with Crippen LogP contribution in [0.25, 0.3) is 0 Å². The van der Waals surface area contributed by atoms with E-state index in [9.17, 15) is 25.9 Å². The third-order valence-corrected chi connectivity index (χ3v) is 4.16. The van der Waals surface area contributed by atoms with Crippen molar-refractivity contribution in [2.24, 2.45) is 0 Å². The second kappa shape index (κ2) is 9.05. The fourth-order valence-corrected chi connectivity index (χ4v) is 2.58. The summed E-state index contributed by atoms with van der Waals surface area (Å²) in [5.41, 5.74) is 0. The molecule has 4 N–H and O–H groups in total. The van der Waals surface area contributed by atoms with Crippen LogP contribution in [0.15, 0.2) is 46.2 Å². The Morgan fingerprint density at radius 2 is 0.920 bits per heavy atom. The molecule has 0 heterocycles. The average molecular weight is 466 g/mol. The standard InChI is InChI=1S/2C6H6O5S.Sr/c2*7-4-1-2-5(8)6(3-4)12(9,10)11;/h2*1-3,7-8H,(H,9,10,11);/q;;+2/p-2. The molecule has 132 valence electrons. The van der Waals surface area contributed by atoms with Crippen molar-refractivity contribution < 1.29 is 46.4 Å². The van der Waals surface area contributed by atoms with Gasteiger partial charge in [-0.3, -0.25) is 0 Å². The fraction of sp³-hybridized carbons (Fsp3) is 0. The molecule has 0 fully saturated rings. The van der Waals surface area contributed by atoms with E-state index in [-0.39, 0.29) is 57.0 Å². The van der Waals surface area contributed by atoms with Crippen LogP contribution in [-0.4, -0.2) is 91.8 Å². The van der Waals surface area contributed by atoms with Crippen molar-refractivity contribution >= 4 is 65.7 Å². The summed E-state index contributed by atoms with van der Waals surface area (Å²) in [6.45, 7) is 0. The van der Waals surface area contributed by atoms with Gasteiger partial charge in [-0.25, -0.2) is 16.8 Å². The summed E-state index contributed by atoms with van der Waals surface area (Å²) in [5.74, 6) is -2.10. The van der Waals surface area contributed by atoms with E-state index in [2.05, 4.69) is 0 Å². The van der Waals surface area contributed by atoms with E-state index < -0.39 is 41.5 Å². The van der Waals surface area contributed by atoms with Crippen molar-refractivity contribution in [1.82, 2.24) is 0 Å².